The summed E-state index contributed by atoms with van der Waals surface area (Å²) in [5.41, 5.74) is 2.02. The molecule has 1 saturated heterocycles. The molecule has 0 N–H and O–H groups in total. The number of fused-ring (bicyclic) bond motifs is 1. The average molecular weight is 472 g/mol. The molecule has 1 atom stereocenters. The molecule has 2 aromatic rings. The largest absolute Gasteiger partial charge is 0.341 e. The molecule has 178 valence electrons. The highest BCUT2D eigenvalue weighted by Crippen LogP contribution is 2.37. The molecule has 0 bridgehead atoms. The fourth-order valence-corrected chi connectivity index (χ4v) is 5.76. The molecule has 4 rings (SSSR count). The van der Waals surface area contributed by atoms with Crippen molar-refractivity contribution < 1.29 is 14.0 Å². The zero-order valence-electron chi connectivity index (χ0n) is 19.8. The Bertz CT molecular complexity index is 999. The van der Waals surface area contributed by atoms with Crippen LogP contribution in [0.25, 0.3) is 0 Å². The lowest BCUT2D eigenvalue weighted by Gasteiger charge is -2.37. The van der Waals surface area contributed by atoms with Gasteiger partial charge in [0, 0.05) is 44.0 Å². The Balaban J connectivity index is 1.44. The number of hydrogen-bond donors (Lipinski definition) is 0. The summed E-state index contributed by atoms with van der Waals surface area (Å²) in [5, 5.41) is 2.08. The zero-order valence-corrected chi connectivity index (χ0v) is 20.7. The second-order valence-corrected chi connectivity index (χ2v) is 11.3. The molecule has 1 aromatic heterocycles. The Morgan fingerprint density at radius 2 is 1.76 bits per heavy atom. The molecule has 0 unspecified atom stereocenters. The molecule has 2 aliphatic heterocycles. The van der Waals surface area contributed by atoms with Crippen molar-refractivity contribution in [2.45, 2.75) is 46.1 Å². The minimum absolute atomic E-state index is 0.0421. The van der Waals surface area contributed by atoms with Crippen LogP contribution >= 0.6 is 11.3 Å². The molecule has 33 heavy (non-hydrogen) atoms. The molecular weight excluding hydrogens is 437 g/mol. The third-order valence-electron chi connectivity index (χ3n) is 6.45. The molecule has 3 heterocycles. The average Bonchev–Trinajstić information content (AvgIpc) is 3.07. The van der Waals surface area contributed by atoms with Gasteiger partial charge in [0.2, 0.25) is 11.8 Å². The number of rotatable bonds is 4. The van der Waals surface area contributed by atoms with Crippen molar-refractivity contribution >= 4 is 23.2 Å². The first kappa shape index (κ1) is 23.9. The van der Waals surface area contributed by atoms with Crippen molar-refractivity contribution in [1.82, 2.24) is 14.7 Å². The fraction of sp³-hybridized carbons (Fsp3) is 0.538. The second-order valence-electron chi connectivity index (χ2n) is 10.3. The summed E-state index contributed by atoms with van der Waals surface area (Å²) < 4.78 is 14.0. The lowest BCUT2D eigenvalue weighted by atomic mass is 9.91. The van der Waals surface area contributed by atoms with Crippen molar-refractivity contribution in [2.24, 2.45) is 5.41 Å². The van der Waals surface area contributed by atoms with Crippen molar-refractivity contribution in [3.63, 3.8) is 0 Å². The van der Waals surface area contributed by atoms with Gasteiger partial charge in [0.15, 0.2) is 0 Å². The molecule has 5 nitrogen and oxygen atoms in total. The highest BCUT2D eigenvalue weighted by molar-refractivity contribution is 7.10. The predicted octanol–water partition coefficient (Wildman–Crippen LogP) is 4.33. The van der Waals surface area contributed by atoms with Gasteiger partial charge >= 0.3 is 0 Å². The number of halogens is 1. The summed E-state index contributed by atoms with van der Waals surface area (Å²) in [6.45, 7) is 9.81. The second kappa shape index (κ2) is 9.94. The van der Waals surface area contributed by atoms with Crippen LogP contribution in [-0.4, -0.2) is 65.8 Å². The predicted molar refractivity (Wildman–Crippen MR) is 130 cm³/mol. The van der Waals surface area contributed by atoms with Gasteiger partial charge in [-0.25, -0.2) is 4.39 Å². The van der Waals surface area contributed by atoms with E-state index in [2.05, 4.69) is 37.1 Å². The van der Waals surface area contributed by atoms with Crippen molar-refractivity contribution in [3.8, 4) is 0 Å². The summed E-state index contributed by atoms with van der Waals surface area (Å²) in [4.78, 5) is 33.3. The Morgan fingerprint density at radius 1 is 1.03 bits per heavy atom. The van der Waals surface area contributed by atoms with Crippen LogP contribution in [0.4, 0.5) is 4.39 Å². The van der Waals surface area contributed by atoms with Crippen LogP contribution in [0.5, 0.6) is 0 Å². The summed E-state index contributed by atoms with van der Waals surface area (Å²) in [6.07, 6.45) is 2.22. The van der Waals surface area contributed by atoms with E-state index in [9.17, 15) is 14.0 Å². The molecule has 2 aliphatic rings. The summed E-state index contributed by atoms with van der Waals surface area (Å²) >= 11 is 1.73. The molecule has 0 radical (unpaired) electrons. The first-order valence-corrected chi connectivity index (χ1v) is 12.7. The summed E-state index contributed by atoms with van der Waals surface area (Å²) in [5.74, 6) is -0.00199. The maximum Gasteiger partial charge on any atom is 0.236 e. The van der Waals surface area contributed by atoms with Crippen LogP contribution < -0.4 is 0 Å². The van der Waals surface area contributed by atoms with Gasteiger partial charge in [0.05, 0.1) is 12.6 Å². The number of thiophene rings is 1. The third kappa shape index (κ3) is 5.82. The molecule has 1 aromatic carbocycles. The quantitative estimate of drug-likeness (QED) is 0.667. The normalized spacial score (nSPS) is 19.8. The van der Waals surface area contributed by atoms with Gasteiger partial charge < -0.3 is 9.80 Å². The molecule has 0 aliphatic carbocycles. The minimum atomic E-state index is -0.256. The summed E-state index contributed by atoms with van der Waals surface area (Å²) in [7, 11) is 0. The standard InChI is InChI=1S/C26H34FN3O2S/c1-26(2,3)17-23(31)28-10-5-11-29(14-13-28)24(32)18-30-12-8-22-21(9-15-33-22)25(30)19-6-4-7-20(27)16-19/h4,6-7,9,15-16,25H,5,8,10-14,17-18H2,1-3H3/t25-/m0/s1. The van der Waals surface area contributed by atoms with E-state index in [1.165, 1.54) is 16.5 Å². The first-order chi connectivity index (χ1) is 15.7. The van der Waals surface area contributed by atoms with Crippen molar-refractivity contribution in [3.05, 3.63) is 57.5 Å². The summed E-state index contributed by atoms with van der Waals surface area (Å²) in [6, 6.07) is 8.72. The highest BCUT2D eigenvalue weighted by Gasteiger charge is 2.33. The topological polar surface area (TPSA) is 43.9 Å². The van der Waals surface area contributed by atoms with Gasteiger partial charge in [-0.05, 0) is 53.0 Å². The van der Waals surface area contributed by atoms with E-state index >= 15 is 0 Å². The zero-order chi connectivity index (χ0) is 23.6. The van der Waals surface area contributed by atoms with Crippen LogP contribution in [0.1, 0.15) is 55.7 Å². The molecule has 7 heteroatoms. The maximum atomic E-state index is 14.0. The molecule has 0 spiro atoms. The monoisotopic (exact) mass is 471 g/mol. The van der Waals surface area contributed by atoms with Gasteiger partial charge in [-0.15, -0.1) is 11.3 Å². The lowest BCUT2D eigenvalue weighted by molar-refractivity contribution is -0.135. The Labute approximate surface area is 200 Å². The van der Waals surface area contributed by atoms with Gasteiger partial charge in [-0.3, -0.25) is 14.5 Å². The van der Waals surface area contributed by atoms with Gasteiger partial charge in [0.1, 0.15) is 5.82 Å². The van der Waals surface area contributed by atoms with E-state index in [0.29, 0.717) is 39.1 Å². The fourth-order valence-electron chi connectivity index (χ4n) is 4.86. The Hall–Kier alpha value is -2.25. The number of benzene rings is 1. The molecular formula is C26H34FN3O2S. The van der Waals surface area contributed by atoms with Gasteiger partial charge in [-0.2, -0.15) is 0 Å². The number of hydrogen-bond acceptors (Lipinski definition) is 4. The smallest absolute Gasteiger partial charge is 0.236 e. The number of carbonyl (C=O) groups excluding carboxylic acids is 2. The molecule has 2 amide bonds. The third-order valence-corrected chi connectivity index (χ3v) is 7.45. The van der Waals surface area contributed by atoms with Crippen LogP contribution in [-0.2, 0) is 16.0 Å². The maximum absolute atomic E-state index is 14.0. The number of amides is 2. The van der Waals surface area contributed by atoms with Crippen molar-refractivity contribution in [2.75, 3.05) is 39.3 Å². The molecule has 1 fully saturated rings. The lowest BCUT2D eigenvalue weighted by Crippen LogP contribution is -2.45. The van der Waals surface area contributed by atoms with E-state index in [1.807, 2.05) is 15.9 Å². The van der Waals surface area contributed by atoms with E-state index in [4.69, 9.17) is 0 Å². The van der Waals surface area contributed by atoms with Crippen LogP contribution in [0.15, 0.2) is 35.7 Å². The number of carbonyl (C=O) groups is 2. The van der Waals surface area contributed by atoms with E-state index in [-0.39, 0.29) is 29.1 Å². The van der Waals surface area contributed by atoms with Crippen LogP contribution in [0.3, 0.4) is 0 Å². The van der Waals surface area contributed by atoms with Crippen LogP contribution in [0.2, 0.25) is 0 Å². The highest BCUT2D eigenvalue weighted by atomic mass is 32.1. The molecule has 0 saturated carbocycles. The SMILES string of the molecule is CC(C)(C)CC(=O)N1CCCN(C(=O)CN2CCc3sccc3[C@@H]2c2cccc(F)c2)CC1. The minimum Gasteiger partial charge on any atom is -0.341 e. The van der Waals surface area contributed by atoms with Crippen LogP contribution in [0, 0.1) is 11.2 Å². The number of nitrogens with zero attached hydrogens (tertiary/aromatic N) is 3. The first-order valence-electron chi connectivity index (χ1n) is 11.8. The van der Waals surface area contributed by atoms with E-state index < -0.39 is 0 Å². The Morgan fingerprint density at radius 3 is 2.45 bits per heavy atom. The van der Waals surface area contributed by atoms with Crippen molar-refractivity contribution in [1.29, 1.82) is 0 Å². The van der Waals surface area contributed by atoms with Gasteiger partial charge in [0.25, 0.3) is 0 Å². The van der Waals surface area contributed by atoms with Gasteiger partial charge in [-0.1, -0.05) is 32.9 Å². The van der Waals surface area contributed by atoms with E-state index in [0.717, 1.165) is 24.9 Å². The Kier molecular flexibility index (Phi) is 7.19. The van der Waals surface area contributed by atoms with E-state index in [1.54, 1.807) is 23.5 Å².